The third-order valence-corrected chi connectivity index (χ3v) is 6.34. The van der Waals surface area contributed by atoms with Crippen LogP contribution in [0.25, 0.3) is 11.3 Å². The van der Waals surface area contributed by atoms with Crippen LogP contribution in [0.1, 0.15) is 22.3 Å². The molecule has 0 fully saturated rings. The highest BCUT2D eigenvalue weighted by atomic mass is 32.1. The molecule has 0 aliphatic heterocycles. The fourth-order valence-corrected chi connectivity index (χ4v) is 4.26. The zero-order valence-electron chi connectivity index (χ0n) is 19.4. The van der Waals surface area contributed by atoms with Gasteiger partial charge in [-0.05, 0) is 66.9 Å². The SMILES string of the molecule is COc1ccc(OC)c(-c2csc(=Nc3cccc(C)c3C)n2/N=C\c2ccc(C#N)cc2)c1. The predicted octanol–water partition coefficient (Wildman–Crippen LogP) is 5.84. The minimum Gasteiger partial charge on any atom is -0.497 e. The fourth-order valence-electron chi connectivity index (χ4n) is 3.42. The Hall–Kier alpha value is -4.15. The van der Waals surface area contributed by atoms with Gasteiger partial charge in [0.15, 0.2) is 0 Å². The number of hydrogen-bond donors (Lipinski definition) is 0. The molecule has 4 aromatic rings. The topological polar surface area (TPSA) is 71.9 Å². The molecule has 1 heterocycles. The van der Waals surface area contributed by atoms with Gasteiger partial charge in [0.1, 0.15) is 11.5 Å². The Bertz CT molecular complexity index is 1460. The second-order valence-electron chi connectivity index (χ2n) is 7.59. The molecule has 0 unspecified atom stereocenters. The van der Waals surface area contributed by atoms with Crippen molar-refractivity contribution < 1.29 is 9.47 Å². The minimum atomic E-state index is 0.604. The van der Waals surface area contributed by atoms with Crippen LogP contribution in [0.4, 0.5) is 5.69 Å². The van der Waals surface area contributed by atoms with Crippen molar-refractivity contribution in [2.75, 3.05) is 14.2 Å². The minimum absolute atomic E-state index is 0.604. The maximum Gasteiger partial charge on any atom is 0.211 e. The summed E-state index contributed by atoms with van der Waals surface area (Å²) in [6.07, 6.45) is 1.76. The largest absolute Gasteiger partial charge is 0.497 e. The molecular weight excluding hydrogens is 444 g/mol. The van der Waals surface area contributed by atoms with Crippen LogP contribution >= 0.6 is 11.3 Å². The molecule has 0 spiro atoms. The summed E-state index contributed by atoms with van der Waals surface area (Å²) in [5, 5.41) is 15.8. The van der Waals surface area contributed by atoms with Crippen LogP contribution < -0.4 is 14.3 Å². The summed E-state index contributed by atoms with van der Waals surface area (Å²) >= 11 is 1.50. The molecule has 3 aromatic carbocycles. The van der Waals surface area contributed by atoms with E-state index >= 15 is 0 Å². The highest BCUT2D eigenvalue weighted by molar-refractivity contribution is 7.07. The van der Waals surface area contributed by atoms with E-state index in [2.05, 4.69) is 26.0 Å². The van der Waals surface area contributed by atoms with Gasteiger partial charge < -0.3 is 9.47 Å². The Morgan fingerprint density at radius 1 is 1.00 bits per heavy atom. The van der Waals surface area contributed by atoms with Gasteiger partial charge in [0.25, 0.3) is 0 Å². The van der Waals surface area contributed by atoms with Gasteiger partial charge in [-0.1, -0.05) is 24.3 Å². The third kappa shape index (κ3) is 4.77. The van der Waals surface area contributed by atoms with Gasteiger partial charge in [0.2, 0.25) is 4.80 Å². The first kappa shape index (κ1) is 23.0. The van der Waals surface area contributed by atoms with Gasteiger partial charge in [-0.3, -0.25) is 0 Å². The van der Waals surface area contributed by atoms with Crippen LogP contribution in [-0.4, -0.2) is 25.1 Å². The molecule has 1 aromatic heterocycles. The smallest absolute Gasteiger partial charge is 0.211 e. The normalized spacial score (nSPS) is 11.6. The van der Waals surface area contributed by atoms with Crippen LogP contribution in [0.2, 0.25) is 0 Å². The molecule has 170 valence electrons. The van der Waals surface area contributed by atoms with Crippen LogP contribution in [0.5, 0.6) is 11.5 Å². The van der Waals surface area contributed by atoms with Crippen LogP contribution in [0.3, 0.4) is 0 Å². The Morgan fingerprint density at radius 2 is 1.79 bits per heavy atom. The van der Waals surface area contributed by atoms with Crippen molar-refractivity contribution in [3.8, 4) is 28.8 Å². The zero-order chi connectivity index (χ0) is 24.1. The number of rotatable bonds is 6. The monoisotopic (exact) mass is 468 g/mol. The molecule has 0 saturated heterocycles. The van der Waals surface area contributed by atoms with E-state index in [4.69, 9.17) is 24.8 Å². The van der Waals surface area contributed by atoms with E-state index in [0.29, 0.717) is 11.3 Å². The summed E-state index contributed by atoms with van der Waals surface area (Å²) in [4.78, 5) is 5.66. The molecule has 0 bridgehead atoms. The lowest BCUT2D eigenvalue weighted by Gasteiger charge is -2.11. The number of methoxy groups -OCH3 is 2. The number of aryl methyl sites for hydroxylation is 1. The summed E-state index contributed by atoms with van der Waals surface area (Å²) in [6.45, 7) is 4.14. The van der Waals surface area contributed by atoms with Crippen molar-refractivity contribution in [3.63, 3.8) is 0 Å². The molecule has 0 atom stereocenters. The van der Waals surface area contributed by atoms with Crippen molar-refractivity contribution in [1.29, 1.82) is 5.26 Å². The first-order chi connectivity index (χ1) is 16.5. The predicted molar refractivity (Wildman–Crippen MR) is 136 cm³/mol. The highest BCUT2D eigenvalue weighted by Gasteiger charge is 2.14. The number of nitriles is 1. The van der Waals surface area contributed by atoms with Gasteiger partial charge in [-0.2, -0.15) is 10.4 Å². The van der Waals surface area contributed by atoms with E-state index in [1.807, 2.05) is 52.5 Å². The number of ether oxygens (including phenoxy) is 2. The maximum absolute atomic E-state index is 9.06. The molecule has 0 aliphatic carbocycles. The molecule has 6 nitrogen and oxygen atoms in total. The Labute approximate surface area is 202 Å². The lowest BCUT2D eigenvalue weighted by molar-refractivity contribution is 0.404. The second kappa shape index (κ2) is 10.2. The zero-order valence-corrected chi connectivity index (χ0v) is 20.3. The van der Waals surface area contributed by atoms with E-state index in [0.717, 1.165) is 38.6 Å². The van der Waals surface area contributed by atoms with Gasteiger partial charge in [0, 0.05) is 10.9 Å². The lowest BCUT2D eigenvalue weighted by atomic mass is 10.1. The second-order valence-corrected chi connectivity index (χ2v) is 8.43. The van der Waals surface area contributed by atoms with Gasteiger partial charge in [-0.25, -0.2) is 9.67 Å². The average molecular weight is 469 g/mol. The molecule has 7 heteroatoms. The van der Waals surface area contributed by atoms with E-state index in [1.54, 1.807) is 32.6 Å². The summed E-state index contributed by atoms with van der Waals surface area (Å²) in [6, 6.07) is 21.2. The number of nitrogens with zero attached hydrogens (tertiary/aromatic N) is 4. The van der Waals surface area contributed by atoms with Gasteiger partial charge >= 0.3 is 0 Å². The number of aromatic nitrogens is 1. The molecule has 34 heavy (non-hydrogen) atoms. The molecular formula is C27H24N4O2S. The lowest BCUT2D eigenvalue weighted by Crippen LogP contribution is -2.12. The number of thiazole rings is 1. The summed E-state index contributed by atoms with van der Waals surface area (Å²) in [7, 11) is 3.28. The summed E-state index contributed by atoms with van der Waals surface area (Å²) in [5.41, 5.74) is 6.35. The van der Waals surface area contributed by atoms with Crippen LogP contribution in [0, 0.1) is 25.2 Å². The first-order valence-corrected chi connectivity index (χ1v) is 11.5. The van der Waals surface area contributed by atoms with E-state index in [9.17, 15) is 0 Å². The molecule has 0 N–H and O–H groups in total. The van der Waals surface area contributed by atoms with Crippen LogP contribution in [0.15, 0.2) is 76.1 Å². The number of hydrogen-bond acceptors (Lipinski definition) is 6. The fraction of sp³-hybridized carbons (Fsp3) is 0.148. The molecule has 0 aliphatic rings. The quantitative estimate of drug-likeness (QED) is 0.334. The Kier molecular flexibility index (Phi) is 6.90. The first-order valence-electron chi connectivity index (χ1n) is 10.6. The van der Waals surface area contributed by atoms with Crippen molar-refractivity contribution in [2.45, 2.75) is 13.8 Å². The van der Waals surface area contributed by atoms with Crippen molar-refractivity contribution in [2.24, 2.45) is 10.1 Å². The van der Waals surface area contributed by atoms with E-state index in [1.165, 1.54) is 16.9 Å². The van der Waals surface area contributed by atoms with Gasteiger partial charge in [0.05, 0.1) is 43.4 Å². The molecule has 4 rings (SSSR count). The van der Waals surface area contributed by atoms with Crippen LogP contribution in [-0.2, 0) is 0 Å². The van der Waals surface area contributed by atoms with Crippen molar-refractivity contribution in [1.82, 2.24) is 4.68 Å². The summed E-state index contributed by atoms with van der Waals surface area (Å²) < 4.78 is 12.9. The van der Waals surface area contributed by atoms with Gasteiger partial charge in [-0.15, -0.1) is 11.3 Å². The molecule has 0 amide bonds. The highest BCUT2D eigenvalue weighted by Crippen LogP contribution is 2.34. The van der Waals surface area contributed by atoms with E-state index < -0.39 is 0 Å². The summed E-state index contributed by atoms with van der Waals surface area (Å²) in [5.74, 6) is 1.43. The van der Waals surface area contributed by atoms with Crippen molar-refractivity contribution >= 4 is 23.2 Å². The molecule has 0 saturated carbocycles. The van der Waals surface area contributed by atoms with E-state index in [-0.39, 0.29) is 0 Å². The molecule has 0 radical (unpaired) electrons. The van der Waals surface area contributed by atoms with Crippen molar-refractivity contribution in [3.05, 3.63) is 93.1 Å². The Morgan fingerprint density at radius 3 is 2.50 bits per heavy atom. The number of benzene rings is 3. The standard InChI is InChI=1S/C27H24N4O2S/c1-18-6-5-7-24(19(18)2)30-27-31(29-16-21-10-8-20(15-28)9-11-21)25(17-34-27)23-14-22(32-3)12-13-26(23)33-4/h5-14,16-17H,1-4H3/b29-16-,30-27?. The maximum atomic E-state index is 9.06. The third-order valence-electron chi connectivity index (χ3n) is 5.52. The average Bonchev–Trinajstić information content (AvgIpc) is 3.27. The Balaban J connectivity index is 1.91.